The average Bonchev–Trinajstić information content (AvgIpc) is 2.27. The zero-order chi connectivity index (χ0) is 13.3. The molecule has 0 aromatic heterocycles. The number of likely N-dealkylation sites (N-methyl/N-ethyl adjacent to an activating group) is 1. The minimum Gasteiger partial charge on any atom is -0.398 e. The first-order valence-electron chi connectivity index (χ1n) is 6.36. The van der Waals surface area contributed by atoms with Crippen molar-refractivity contribution in [3.8, 4) is 0 Å². The molecule has 0 amide bonds. The van der Waals surface area contributed by atoms with Crippen molar-refractivity contribution in [2.24, 2.45) is 0 Å². The Morgan fingerprint density at radius 1 is 1.33 bits per heavy atom. The summed E-state index contributed by atoms with van der Waals surface area (Å²) >= 11 is 0. The van der Waals surface area contributed by atoms with Gasteiger partial charge in [0.1, 0.15) is 5.82 Å². The highest BCUT2D eigenvalue weighted by molar-refractivity contribution is 5.46. The van der Waals surface area contributed by atoms with Gasteiger partial charge in [-0.05, 0) is 38.6 Å². The van der Waals surface area contributed by atoms with E-state index in [2.05, 4.69) is 30.7 Å². The number of rotatable bonds is 2. The van der Waals surface area contributed by atoms with Crippen LogP contribution in [0.5, 0.6) is 0 Å². The third-order valence-electron chi connectivity index (χ3n) is 3.90. The van der Waals surface area contributed by atoms with Crippen LogP contribution in [0.25, 0.3) is 0 Å². The summed E-state index contributed by atoms with van der Waals surface area (Å²) in [7, 11) is 2.16. The Morgan fingerprint density at radius 2 is 2.06 bits per heavy atom. The number of nitrogens with two attached hydrogens (primary N) is 1. The van der Waals surface area contributed by atoms with E-state index in [1.165, 1.54) is 12.1 Å². The van der Waals surface area contributed by atoms with Gasteiger partial charge in [0.05, 0.1) is 0 Å². The third kappa shape index (κ3) is 2.82. The van der Waals surface area contributed by atoms with Gasteiger partial charge in [-0.1, -0.05) is 6.07 Å². The molecule has 1 fully saturated rings. The molecule has 0 atom stereocenters. The molecule has 1 aromatic rings. The molecule has 18 heavy (non-hydrogen) atoms. The Kier molecular flexibility index (Phi) is 3.59. The number of anilines is 1. The van der Waals surface area contributed by atoms with Crippen molar-refractivity contribution in [1.29, 1.82) is 0 Å². The van der Waals surface area contributed by atoms with E-state index in [0.29, 0.717) is 5.69 Å². The molecule has 3 nitrogen and oxygen atoms in total. The molecule has 1 heterocycles. The van der Waals surface area contributed by atoms with E-state index >= 15 is 0 Å². The van der Waals surface area contributed by atoms with E-state index < -0.39 is 0 Å². The van der Waals surface area contributed by atoms with Gasteiger partial charge in [-0.25, -0.2) is 4.39 Å². The minimum atomic E-state index is -0.269. The summed E-state index contributed by atoms with van der Waals surface area (Å²) in [4.78, 5) is 4.75. The van der Waals surface area contributed by atoms with Gasteiger partial charge in [-0.3, -0.25) is 9.80 Å². The van der Waals surface area contributed by atoms with Crippen molar-refractivity contribution in [2.75, 3.05) is 32.4 Å². The van der Waals surface area contributed by atoms with Crippen molar-refractivity contribution < 1.29 is 4.39 Å². The number of nitrogens with zero attached hydrogens (tertiary/aromatic N) is 2. The maximum absolute atomic E-state index is 13.0. The van der Waals surface area contributed by atoms with E-state index in [9.17, 15) is 4.39 Å². The SMILES string of the molecule is CN1CCN(Cc2ccc(F)cc2N)CC1(C)C. The van der Waals surface area contributed by atoms with Gasteiger partial charge >= 0.3 is 0 Å². The van der Waals surface area contributed by atoms with Crippen LogP contribution in [0.15, 0.2) is 18.2 Å². The molecule has 1 aliphatic heterocycles. The summed E-state index contributed by atoms with van der Waals surface area (Å²) in [6.45, 7) is 8.36. The molecule has 2 rings (SSSR count). The lowest BCUT2D eigenvalue weighted by Gasteiger charge is -2.45. The summed E-state index contributed by atoms with van der Waals surface area (Å²) < 4.78 is 13.0. The van der Waals surface area contributed by atoms with Crippen LogP contribution in [-0.4, -0.2) is 42.0 Å². The van der Waals surface area contributed by atoms with Crippen molar-refractivity contribution in [1.82, 2.24) is 9.80 Å². The van der Waals surface area contributed by atoms with Crippen LogP contribution in [-0.2, 0) is 6.54 Å². The highest BCUT2D eigenvalue weighted by Gasteiger charge is 2.30. The molecule has 0 spiro atoms. The average molecular weight is 251 g/mol. The van der Waals surface area contributed by atoms with Gasteiger partial charge in [0, 0.05) is 37.4 Å². The Bertz CT molecular complexity index is 431. The van der Waals surface area contributed by atoms with Crippen LogP contribution >= 0.6 is 0 Å². The number of nitrogen functional groups attached to an aromatic ring is 1. The van der Waals surface area contributed by atoms with Crippen LogP contribution in [0.2, 0.25) is 0 Å². The fraction of sp³-hybridized carbons (Fsp3) is 0.571. The second-order valence-corrected chi connectivity index (χ2v) is 5.79. The van der Waals surface area contributed by atoms with Crippen molar-refractivity contribution in [2.45, 2.75) is 25.9 Å². The minimum absolute atomic E-state index is 0.174. The molecule has 0 unspecified atom stereocenters. The zero-order valence-corrected chi connectivity index (χ0v) is 11.4. The maximum Gasteiger partial charge on any atom is 0.125 e. The lowest BCUT2D eigenvalue weighted by molar-refractivity contribution is 0.0361. The van der Waals surface area contributed by atoms with Gasteiger partial charge in [0.15, 0.2) is 0 Å². The van der Waals surface area contributed by atoms with E-state index in [0.717, 1.165) is 31.7 Å². The molecule has 100 valence electrons. The quantitative estimate of drug-likeness (QED) is 0.815. The predicted molar refractivity (Wildman–Crippen MR) is 72.8 cm³/mol. The van der Waals surface area contributed by atoms with Crippen LogP contribution in [0.4, 0.5) is 10.1 Å². The monoisotopic (exact) mass is 251 g/mol. The zero-order valence-electron chi connectivity index (χ0n) is 11.4. The van der Waals surface area contributed by atoms with E-state index in [1.54, 1.807) is 6.07 Å². The summed E-state index contributed by atoms with van der Waals surface area (Å²) in [5.41, 5.74) is 7.59. The molecular formula is C14H22FN3. The Balaban J connectivity index is 2.06. The van der Waals surface area contributed by atoms with Gasteiger partial charge in [-0.2, -0.15) is 0 Å². The molecule has 1 saturated heterocycles. The van der Waals surface area contributed by atoms with Gasteiger partial charge in [0.25, 0.3) is 0 Å². The van der Waals surface area contributed by atoms with Crippen molar-refractivity contribution in [3.05, 3.63) is 29.6 Å². The molecule has 1 aromatic carbocycles. The first-order valence-corrected chi connectivity index (χ1v) is 6.36. The number of halogens is 1. The van der Waals surface area contributed by atoms with E-state index in [1.807, 2.05) is 0 Å². The lowest BCUT2D eigenvalue weighted by atomic mass is 9.99. The summed E-state index contributed by atoms with van der Waals surface area (Å²) in [6, 6.07) is 4.67. The van der Waals surface area contributed by atoms with E-state index in [-0.39, 0.29) is 11.4 Å². The smallest absolute Gasteiger partial charge is 0.125 e. The number of hydrogen-bond donors (Lipinski definition) is 1. The highest BCUT2D eigenvalue weighted by Crippen LogP contribution is 2.22. The Labute approximate surface area is 108 Å². The molecule has 0 aliphatic carbocycles. The highest BCUT2D eigenvalue weighted by atomic mass is 19.1. The topological polar surface area (TPSA) is 32.5 Å². The molecule has 0 bridgehead atoms. The maximum atomic E-state index is 13.0. The van der Waals surface area contributed by atoms with Gasteiger partial charge in [-0.15, -0.1) is 0 Å². The molecule has 0 radical (unpaired) electrons. The Hall–Kier alpha value is -1.13. The van der Waals surface area contributed by atoms with Crippen LogP contribution in [0.3, 0.4) is 0 Å². The number of piperazine rings is 1. The van der Waals surface area contributed by atoms with Gasteiger partial charge < -0.3 is 5.73 Å². The fourth-order valence-corrected chi connectivity index (χ4v) is 2.43. The van der Waals surface area contributed by atoms with Crippen molar-refractivity contribution in [3.63, 3.8) is 0 Å². The molecule has 0 saturated carbocycles. The lowest BCUT2D eigenvalue weighted by Crippen LogP contribution is -2.57. The molecular weight excluding hydrogens is 229 g/mol. The fourth-order valence-electron chi connectivity index (χ4n) is 2.43. The first-order chi connectivity index (χ1) is 8.38. The van der Waals surface area contributed by atoms with Crippen LogP contribution in [0.1, 0.15) is 19.4 Å². The summed E-state index contributed by atoms with van der Waals surface area (Å²) in [5.74, 6) is -0.269. The summed E-state index contributed by atoms with van der Waals surface area (Å²) in [5, 5.41) is 0. The summed E-state index contributed by atoms with van der Waals surface area (Å²) in [6.07, 6.45) is 0. The van der Waals surface area contributed by atoms with Crippen LogP contribution in [0, 0.1) is 5.82 Å². The Morgan fingerprint density at radius 3 is 2.67 bits per heavy atom. The second-order valence-electron chi connectivity index (χ2n) is 5.79. The largest absolute Gasteiger partial charge is 0.398 e. The third-order valence-corrected chi connectivity index (χ3v) is 3.90. The van der Waals surface area contributed by atoms with Gasteiger partial charge in [0.2, 0.25) is 0 Å². The standard InChI is InChI=1S/C14H22FN3/c1-14(2)10-18(7-6-17(14)3)9-11-4-5-12(15)8-13(11)16/h4-5,8H,6-7,9-10,16H2,1-3H3. The second kappa shape index (κ2) is 4.86. The molecule has 2 N–H and O–H groups in total. The predicted octanol–water partition coefficient (Wildman–Crippen LogP) is 1.93. The number of benzene rings is 1. The molecule has 4 heteroatoms. The van der Waals surface area contributed by atoms with Crippen molar-refractivity contribution >= 4 is 5.69 Å². The van der Waals surface area contributed by atoms with E-state index in [4.69, 9.17) is 5.73 Å². The molecule has 1 aliphatic rings. The first kappa shape index (κ1) is 13.3. The normalized spacial score (nSPS) is 21.1. The number of hydrogen-bond acceptors (Lipinski definition) is 3. The van der Waals surface area contributed by atoms with Crippen LogP contribution < -0.4 is 5.73 Å².